The number of benzene rings is 1. The van der Waals surface area contributed by atoms with Gasteiger partial charge < -0.3 is 16.2 Å². The third kappa shape index (κ3) is 2.40. The van der Waals surface area contributed by atoms with Crippen LogP contribution in [-0.2, 0) is 6.42 Å². The zero-order valence-corrected chi connectivity index (χ0v) is 9.06. The Morgan fingerprint density at radius 1 is 1.56 bits per heavy atom. The van der Waals surface area contributed by atoms with Crippen molar-refractivity contribution in [2.75, 3.05) is 24.7 Å². The molecule has 0 aromatic heterocycles. The third-order valence-electron chi connectivity index (χ3n) is 2.36. The number of anilines is 2. The summed E-state index contributed by atoms with van der Waals surface area (Å²) < 4.78 is 0. The molecular formula is C10H15N3O3. The van der Waals surface area contributed by atoms with Gasteiger partial charge in [0.05, 0.1) is 4.92 Å². The van der Waals surface area contributed by atoms with Crippen LogP contribution in [0.15, 0.2) is 12.1 Å². The maximum Gasteiger partial charge on any atom is 0.315 e. The number of aryl methyl sites for hydroxylation is 1. The summed E-state index contributed by atoms with van der Waals surface area (Å²) in [6, 6.07) is 3.37. The van der Waals surface area contributed by atoms with Crippen LogP contribution >= 0.6 is 0 Å². The van der Waals surface area contributed by atoms with Crippen molar-refractivity contribution in [2.24, 2.45) is 0 Å². The molecule has 6 nitrogen and oxygen atoms in total. The van der Waals surface area contributed by atoms with Gasteiger partial charge in [-0.05, 0) is 24.5 Å². The Hall–Kier alpha value is -1.82. The molecule has 0 radical (unpaired) electrons. The summed E-state index contributed by atoms with van der Waals surface area (Å²) in [6.45, 7) is 0.0427. The summed E-state index contributed by atoms with van der Waals surface area (Å²) in [5, 5.41) is 22.3. The van der Waals surface area contributed by atoms with Gasteiger partial charge in [0, 0.05) is 13.7 Å². The van der Waals surface area contributed by atoms with Crippen molar-refractivity contribution in [3.05, 3.63) is 27.8 Å². The van der Waals surface area contributed by atoms with Gasteiger partial charge in [-0.2, -0.15) is 0 Å². The topological polar surface area (TPSA) is 101 Å². The van der Waals surface area contributed by atoms with E-state index in [1.807, 2.05) is 0 Å². The highest BCUT2D eigenvalue weighted by molar-refractivity contribution is 5.77. The van der Waals surface area contributed by atoms with E-state index < -0.39 is 4.92 Å². The minimum Gasteiger partial charge on any atom is -0.396 e. The summed E-state index contributed by atoms with van der Waals surface area (Å²) in [4.78, 5) is 10.4. The highest BCUT2D eigenvalue weighted by Crippen LogP contribution is 2.33. The predicted molar refractivity (Wildman–Crippen MR) is 62.5 cm³/mol. The molecule has 0 aliphatic rings. The maximum atomic E-state index is 10.9. The van der Waals surface area contributed by atoms with Crippen LogP contribution in [0, 0.1) is 10.1 Å². The number of hydrogen-bond donors (Lipinski definition) is 3. The fourth-order valence-corrected chi connectivity index (χ4v) is 1.54. The first kappa shape index (κ1) is 12.3. The quantitative estimate of drug-likeness (QED) is 0.396. The predicted octanol–water partition coefficient (Wildman–Crippen LogP) is 1.14. The smallest absolute Gasteiger partial charge is 0.315 e. The molecule has 16 heavy (non-hydrogen) atoms. The van der Waals surface area contributed by atoms with Gasteiger partial charge in [-0.25, -0.2) is 0 Å². The monoisotopic (exact) mass is 225 g/mol. The van der Waals surface area contributed by atoms with E-state index in [1.165, 1.54) is 0 Å². The molecule has 4 N–H and O–H groups in total. The molecule has 0 saturated heterocycles. The van der Waals surface area contributed by atoms with Crippen molar-refractivity contribution in [3.8, 4) is 0 Å². The van der Waals surface area contributed by atoms with Gasteiger partial charge in [-0.15, -0.1) is 0 Å². The minimum atomic E-state index is -0.496. The number of nitrogen functional groups attached to an aromatic ring is 1. The number of nitro benzene ring substituents is 1. The molecule has 0 amide bonds. The first-order valence-corrected chi connectivity index (χ1v) is 4.96. The summed E-state index contributed by atoms with van der Waals surface area (Å²) in [6.07, 6.45) is 1.08. The van der Waals surface area contributed by atoms with Gasteiger partial charge >= 0.3 is 5.69 Å². The molecule has 1 aromatic rings. The van der Waals surface area contributed by atoms with Crippen LogP contribution in [-0.4, -0.2) is 23.7 Å². The van der Waals surface area contributed by atoms with E-state index in [0.29, 0.717) is 24.1 Å². The van der Waals surface area contributed by atoms with E-state index >= 15 is 0 Å². The lowest BCUT2D eigenvalue weighted by molar-refractivity contribution is -0.383. The van der Waals surface area contributed by atoms with Crippen LogP contribution in [0.1, 0.15) is 12.0 Å². The second-order valence-corrected chi connectivity index (χ2v) is 3.37. The Balaban J connectivity index is 3.15. The van der Waals surface area contributed by atoms with E-state index in [4.69, 9.17) is 10.8 Å². The molecule has 1 rings (SSSR count). The highest BCUT2D eigenvalue weighted by atomic mass is 16.6. The lowest BCUT2D eigenvalue weighted by Gasteiger charge is -2.09. The fourth-order valence-electron chi connectivity index (χ4n) is 1.54. The van der Waals surface area contributed by atoms with Gasteiger partial charge in [-0.3, -0.25) is 10.1 Å². The van der Waals surface area contributed by atoms with Gasteiger partial charge in [0.1, 0.15) is 11.4 Å². The normalized spacial score (nSPS) is 10.1. The highest BCUT2D eigenvalue weighted by Gasteiger charge is 2.19. The first-order chi connectivity index (χ1) is 7.61. The van der Waals surface area contributed by atoms with Gasteiger partial charge in [-0.1, -0.05) is 6.07 Å². The van der Waals surface area contributed by atoms with E-state index in [9.17, 15) is 10.1 Å². The van der Waals surface area contributed by atoms with Crippen LogP contribution < -0.4 is 11.1 Å². The maximum absolute atomic E-state index is 10.9. The van der Waals surface area contributed by atoms with E-state index in [2.05, 4.69) is 5.32 Å². The molecule has 0 spiro atoms. The second-order valence-electron chi connectivity index (χ2n) is 3.37. The Morgan fingerprint density at radius 3 is 2.75 bits per heavy atom. The Bertz CT molecular complexity index is 393. The van der Waals surface area contributed by atoms with Crippen LogP contribution in [0.2, 0.25) is 0 Å². The number of rotatable bonds is 5. The van der Waals surface area contributed by atoms with E-state index in [-0.39, 0.29) is 18.0 Å². The molecule has 1 aromatic carbocycles. The zero-order valence-electron chi connectivity index (χ0n) is 9.06. The average Bonchev–Trinajstić information content (AvgIpc) is 2.26. The van der Waals surface area contributed by atoms with Crippen LogP contribution in [0.4, 0.5) is 17.1 Å². The largest absolute Gasteiger partial charge is 0.396 e. The summed E-state index contributed by atoms with van der Waals surface area (Å²) in [7, 11) is 1.61. The molecular weight excluding hydrogens is 210 g/mol. The average molecular weight is 225 g/mol. The summed E-state index contributed by atoms with van der Waals surface area (Å²) >= 11 is 0. The Kier molecular flexibility index (Phi) is 4.07. The SMILES string of the molecule is CNc1ccc(CCCO)c(N)c1[N+](=O)[O-]. The first-order valence-electron chi connectivity index (χ1n) is 4.96. The van der Waals surface area contributed by atoms with Crippen LogP contribution in [0.5, 0.6) is 0 Å². The number of nitro groups is 1. The standard InChI is InChI=1S/C10H15N3O3/c1-12-8-5-4-7(3-2-6-14)9(11)10(8)13(15)16/h4-5,12,14H,2-3,6,11H2,1H3. The number of nitrogens with two attached hydrogens (primary N) is 1. The third-order valence-corrected chi connectivity index (χ3v) is 2.36. The van der Waals surface area contributed by atoms with E-state index in [1.54, 1.807) is 19.2 Å². The van der Waals surface area contributed by atoms with Crippen LogP contribution in [0.25, 0.3) is 0 Å². The number of hydrogen-bond acceptors (Lipinski definition) is 5. The molecule has 0 aliphatic heterocycles. The van der Waals surface area contributed by atoms with Crippen LogP contribution in [0.3, 0.4) is 0 Å². The molecule has 0 saturated carbocycles. The molecule has 0 unspecified atom stereocenters. The molecule has 0 heterocycles. The Morgan fingerprint density at radius 2 is 2.25 bits per heavy atom. The molecule has 88 valence electrons. The number of nitrogens with one attached hydrogen (secondary N) is 1. The lowest BCUT2D eigenvalue weighted by Crippen LogP contribution is -2.04. The van der Waals surface area contributed by atoms with Gasteiger partial charge in [0.2, 0.25) is 0 Å². The molecule has 0 fully saturated rings. The van der Waals surface area contributed by atoms with Crippen molar-refractivity contribution >= 4 is 17.1 Å². The molecule has 0 atom stereocenters. The molecule has 0 aliphatic carbocycles. The van der Waals surface area contributed by atoms with Crippen molar-refractivity contribution in [1.82, 2.24) is 0 Å². The lowest BCUT2D eigenvalue weighted by atomic mass is 10.1. The van der Waals surface area contributed by atoms with Crippen molar-refractivity contribution in [1.29, 1.82) is 0 Å². The molecule has 0 bridgehead atoms. The zero-order chi connectivity index (χ0) is 12.1. The second kappa shape index (κ2) is 5.32. The van der Waals surface area contributed by atoms with E-state index in [0.717, 1.165) is 0 Å². The van der Waals surface area contributed by atoms with Crippen molar-refractivity contribution in [2.45, 2.75) is 12.8 Å². The summed E-state index contributed by atoms with van der Waals surface area (Å²) in [5.41, 5.74) is 6.90. The Labute approximate surface area is 93.2 Å². The van der Waals surface area contributed by atoms with Gasteiger partial charge in [0.25, 0.3) is 0 Å². The minimum absolute atomic E-state index is 0.0427. The van der Waals surface area contributed by atoms with Crippen molar-refractivity contribution < 1.29 is 10.0 Å². The number of aliphatic hydroxyl groups is 1. The number of nitrogens with zero attached hydrogens (tertiary/aromatic N) is 1. The molecule has 6 heteroatoms. The fraction of sp³-hybridized carbons (Fsp3) is 0.400. The van der Waals surface area contributed by atoms with Crippen molar-refractivity contribution in [3.63, 3.8) is 0 Å². The van der Waals surface area contributed by atoms with Gasteiger partial charge in [0.15, 0.2) is 0 Å². The summed E-state index contributed by atoms with van der Waals surface area (Å²) in [5.74, 6) is 0. The number of aliphatic hydroxyl groups excluding tert-OH is 1.